The Kier molecular flexibility index (Phi) is 4.23. The number of halogens is 1. The predicted molar refractivity (Wildman–Crippen MR) is 96.8 cm³/mol. The van der Waals surface area contributed by atoms with Crippen molar-refractivity contribution in [2.75, 3.05) is 26.2 Å². The standard InChI is InChI=1S/C20H22FN3O2/c1-12(2)18-17-16(14-11-13(21)5-6-15(14)22-18)19(25)24(20(17)26)10-9-23-7-3-4-8-23/h5-6,11-12H,3-4,7-10H2,1-2H3. The highest BCUT2D eigenvalue weighted by atomic mass is 19.1. The summed E-state index contributed by atoms with van der Waals surface area (Å²) in [6.45, 7) is 6.96. The van der Waals surface area contributed by atoms with Gasteiger partial charge < -0.3 is 4.90 Å². The first kappa shape index (κ1) is 17.1. The molecule has 1 aromatic carbocycles. The molecule has 0 unspecified atom stereocenters. The maximum atomic E-state index is 13.8. The molecule has 0 saturated carbocycles. The molecule has 0 radical (unpaired) electrons. The highest BCUT2D eigenvalue weighted by molar-refractivity contribution is 6.26. The maximum Gasteiger partial charge on any atom is 0.263 e. The molecule has 0 atom stereocenters. The van der Waals surface area contributed by atoms with Crippen molar-refractivity contribution in [3.63, 3.8) is 0 Å². The molecule has 0 N–H and O–H groups in total. The summed E-state index contributed by atoms with van der Waals surface area (Å²) in [5.41, 5.74) is 1.83. The molecule has 136 valence electrons. The molecule has 4 rings (SSSR count). The van der Waals surface area contributed by atoms with Crippen molar-refractivity contribution in [2.24, 2.45) is 0 Å². The molecule has 1 saturated heterocycles. The third-order valence-corrected chi connectivity index (χ3v) is 5.28. The zero-order valence-corrected chi connectivity index (χ0v) is 15.1. The number of imide groups is 1. The van der Waals surface area contributed by atoms with E-state index in [-0.39, 0.29) is 17.7 Å². The van der Waals surface area contributed by atoms with Crippen molar-refractivity contribution < 1.29 is 14.0 Å². The minimum Gasteiger partial charge on any atom is -0.302 e. The van der Waals surface area contributed by atoms with E-state index in [0.29, 0.717) is 40.8 Å². The summed E-state index contributed by atoms with van der Waals surface area (Å²) >= 11 is 0. The number of likely N-dealkylation sites (tertiary alicyclic amines) is 1. The lowest BCUT2D eigenvalue weighted by atomic mass is 9.97. The SMILES string of the molecule is CC(C)c1nc2ccc(F)cc2c2c1C(=O)N(CCN1CCCC1)C2=O. The molecule has 5 nitrogen and oxygen atoms in total. The van der Waals surface area contributed by atoms with Gasteiger partial charge in [0.2, 0.25) is 0 Å². The van der Waals surface area contributed by atoms with Crippen molar-refractivity contribution in [1.82, 2.24) is 14.8 Å². The van der Waals surface area contributed by atoms with Crippen molar-refractivity contribution in [3.05, 3.63) is 40.8 Å². The smallest absolute Gasteiger partial charge is 0.263 e. The van der Waals surface area contributed by atoms with Gasteiger partial charge in [0.1, 0.15) is 5.82 Å². The zero-order chi connectivity index (χ0) is 18.4. The molecule has 1 aromatic heterocycles. The molecule has 6 heteroatoms. The van der Waals surface area contributed by atoms with Gasteiger partial charge in [0.15, 0.2) is 0 Å². The Labute approximate surface area is 151 Å². The van der Waals surface area contributed by atoms with Crippen LogP contribution in [0.15, 0.2) is 18.2 Å². The molecule has 3 heterocycles. The Morgan fingerprint density at radius 1 is 1.08 bits per heavy atom. The largest absolute Gasteiger partial charge is 0.302 e. The number of rotatable bonds is 4. The Bertz CT molecular complexity index is 904. The summed E-state index contributed by atoms with van der Waals surface area (Å²) in [6.07, 6.45) is 2.32. The average Bonchev–Trinajstić information content (AvgIpc) is 3.20. The van der Waals surface area contributed by atoms with Gasteiger partial charge in [-0.25, -0.2) is 4.39 Å². The number of hydrogen-bond acceptors (Lipinski definition) is 4. The number of amides is 2. The first-order valence-electron chi connectivity index (χ1n) is 9.19. The number of benzene rings is 1. The van der Waals surface area contributed by atoms with E-state index in [4.69, 9.17) is 0 Å². The minimum absolute atomic E-state index is 0.00603. The second kappa shape index (κ2) is 6.43. The summed E-state index contributed by atoms with van der Waals surface area (Å²) in [6, 6.07) is 4.21. The molecule has 2 aromatic rings. The summed E-state index contributed by atoms with van der Waals surface area (Å²) in [4.78, 5) is 34.2. The number of aromatic nitrogens is 1. The van der Waals surface area contributed by atoms with E-state index >= 15 is 0 Å². The third-order valence-electron chi connectivity index (χ3n) is 5.28. The lowest BCUT2D eigenvalue weighted by Gasteiger charge is -2.19. The van der Waals surface area contributed by atoms with Crippen LogP contribution in [0.3, 0.4) is 0 Å². The fourth-order valence-electron chi connectivity index (χ4n) is 3.92. The predicted octanol–water partition coefficient (Wildman–Crippen LogP) is 3.19. The molecule has 26 heavy (non-hydrogen) atoms. The fourth-order valence-corrected chi connectivity index (χ4v) is 3.92. The molecule has 1 fully saturated rings. The van der Waals surface area contributed by atoms with Crippen LogP contribution in [0.25, 0.3) is 10.9 Å². The number of hydrogen-bond donors (Lipinski definition) is 0. The average molecular weight is 355 g/mol. The van der Waals surface area contributed by atoms with Gasteiger partial charge in [-0.1, -0.05) is 13.8 Å². The van der Waals surface area contributed by atoms with Gasteiger partial charge in [-0.05, 0) is 50.0 Å². The molecule has 0 spiro atoms. The van der Waals surface area contributed by atoms with Crippen molar-refractivity contribution >= 4 is 22.7 Å². The molecule has 2 aliphatic rings. The Balaban J connectivity index is 1.78. The third kappa shape index (κ3) is 2.69. The van der Waals surface area contributed by atoms with E-state index in [1.54, 1.807) is 6.07 Å². The Morgan fingerprint density at radius 2 is 1.77 bits per heavy atom. The van der Waals surface area contributed by atoms with Crippen molar-refractivity contribution in [2.45, 2.75) is 32.6 Å². The number of nitrogens with zero attached hydrogens (tertiary/aromatic N) is 3. The summed E-state index contributed by atoms with van der Waals surface area (Å²) in [7, 11) is 0. The second-order valence-corrected chi connectivity index (χ2v) is 7.37. The highest BCUT2D eigenvalue weighted by Gasteiger charge is 2.40. The van der Waals surface area contributed by atoms with Crippen LogP contribution in [0.1, 0.15) is 59.0 Å². The van der Waals surface area contributed by atoms with E-state index in [0.717, 1.165) is 25.9 Å². The molecule has 0 bridgehead atoms. The number of carbonyl (C=O) groups excluding carboxylic acids is 2. The molecule has 2 aliphatic heterocycles. The van der Waals surface area contributed by atoms with E-state index in [2.05, 4.69) is 9.88 Å². The molecule has 0 aliphatic carbocycles. The zero-order valence-electron chi connectivity index (χ0n) is 15.1. The number of pyridine rings is 1. The van der Waals surface area contributed by atoms with Gasteiger partial charge in [-0.15, -0.1) is 0 Å². The van der Waals surface area contributed by atoms with Crippen molar-refractivity contribution in [3.8, 4) is 0 Å². The summed E-state index contributed by atoms with van der Waals surface area (Å²) in [5.74, 6) is -1.07. The topological polar surface area (TPSA) is 53.5 Å². The molecular weight excluding hydrogens is 333 g/mol. The fraction of sp³-hybridized carbons (Fsp3) is 0.450. The van der Waals surface area contributed by atoms with Gasteiger partial charge in [-0.3, -0.25) is 19.5 Å². The number of carbonyl (C=O) groups is 2. The van der Waals surface area contributed by atoms with Crippen LogP contribution in [0, 0.1) is 5.82 Å². The van der Waals surface area contributed by atoms with Gasteiger partial charge in [-0.2, -0.15) is 0 Å². The number of fused-ring (bicyclic) bond motifs is 3. The lowest BCUT2D eigenvalue weighted by Crippen LogP contribution is -2.37. The van der Waals surface area contributed by atoms with Gasteiger partial charge in [0.25, 0.3) is 11.8 Å². The van der Waals surface area contributed by atoms with E-state index in [1.165, 1.54) is 17.0 Å². The lowest BCUT2D eigenvalue weighted by molar-refractivity contribution is 0.0641. The van der Waals surface area contributed by atoms with Gasteiger partial charge in [0, 0.05) is 18.5 Å². The van der Waals surface area contributed by atoms with Crippen LogP contribution in [0.5, 0.6) is 0 Å². The second-order valence-electron chi connectivity index (χ2n) is 7.37. The first-order valence-corrected chi connectivity index (χ1v) is 9.19. The minimum atomic E-state index is -0.436. The highest BCUT2D eigenvalue weighted by Crippen LogP contribution is 2.34. The van der Waals surface area contributed by atoms with Crippen LogP contribution in [-0.4, -0.2) is 52.8 Å². The van der Waals surface area contributed by atoms with E-state index in [9.17, 15) is 14.0 Å². The summed E-state index contributed by atoms with van der Waals surface area (Å²) < 4.78 is 13.8. The molecular formula is C20H22FN3O2. The monoisotopic (exact) mass is 355 g/mol. The first-order chi connectivity index (χ1) is 12.5. The van der Waals surface area contributed by atoms with Crippen LogP contribution in [0.2, 0.25) is 0 Å². The van der Waals surface area contributed by atoms with Crippen LogP contribution in [0.4, 0.5) is 4.39 Å². The van der Waals surface area contributed by atoms with Crippen molar-refractivity contribution in [1.29, 1.82) is 0 Å². The quantitative estimate of drug-likeness (QED) is 0.791. The van der Waals surface area contributed by atoms with E-state index < -0.39 is 5.82 Å². The van der Waals surface area contributed by atoms with E-state index in [1.807, 2.05) is 13.8 Å². The van der Waals surface area contributed by atoms with Gasteiger partial charge >= 0.3 is 0 Å². The Morgan fingerprint density at radius 3 is 2.46 bits per heavy atom. The van der Waals surface area contributed by atoms with Crippen LogP contribution in [-0.2, 0) is 0 Å². The maximum absolute atomic E-state index is 13.8. The molecule has 2 amide bonds. The van der Waals surface area contributed by atoms with Gasteiger partial charge in [0.05, 0.1) is 22.3 Å². The Hall–Kier alpha value is -2.34. The normalized spacial score (nSPS) is 17.8. The summed E-state index contributed by atoms with van der Waals surface area (Å²) in [5, 5.41) is 0.423. The van der Waals surface area contributed by atoms with Crippen LogP contribution >= 0.6 is 0 Å². The van der Waals surface area contributed by atoms with Crippen LogP contribution < -0.4 is 0 Å².